The largest absolute Gasteiger partial charge is 0.403 e. The minimum atomic E-state index is -0.476. The second kappa shape index (κ2) is 6.47. The third kappa shape index (κ3) is 2.85. The SMILES string of the molecule is N#CC(C#N)=CNc1ccccc1-c1nc2ccccc2c(=O)o1. The molecule has 3 rings (SSSR count). The highest BCUT2D eigenvalue weighted by Crippen LogP contribution is 2.26. The highest BCUT2D eigenvalue weighted by molar-refractivity contribution is 5.81. The van der Waals surface area contributed by atoms with E-state index in [2.05, 4.69) is 10.3 Å². The molecule has 0 fully saturated rings. The number of allylic oxidation sites excluding steroid dienone is 1. The maximum absolute atomic E-state index is 12.1. The molecular weight excluding hydrogens is 304 g/mol. The summed E-state index contributed by atoms with van der Waals surface area (Å²) in [5.41, 5.74) is 1.09. The Morgan fingerprint density at radius 2 is 1.79 bits per heavy atom. The fourth-order valence-electron chi connectivity index (χ4n) is 2.17. The molecule has 1 aromatic heterocycles. The Bertz CT molecular complexity index is 1070. The van der Waals surface area contributed by atoms with Crippen LogP contribution in [-0.2, 0) is 0 Å². The fraction of sp³-hybridized carbons (Fsp3) is 0. The van der Waals surface area contributed by atoms with E-state index in [1.165, 1.54) is 6.20 Å². The average molecular weight is 314 g/mol. The molecule has 6 nitrogen and oxygen atoms in total. The molecule has 114 valence electrons. The van der Waals surface area contributed by atoms with Gasteiger partial charge in [-0.1, -0.05) is 24.3 Å². The number of para-hydroxylation sites is 2. The highest BCUT2D eigenvalue weighted by atomic mass is 16.4. The van der Waals surface area contributed by atoms with Crippen molar-refractivity contribution in [1.29, 1.82) is 10.5 Å². The first-order valence-electron chi connectivity index (χ1n) is 6.99. The van der Waals surface area contributed by atoms with Gasteiger partial charge in [-0.25, -0.2) is 9.78 Å². The van der Waals surface area contributed by atoms with Crippen LogP contribution in [0.2, 0.25) is 0 Å². The molecule has 0 bridgehead atoms. The van der Waals surface area contributed by atoms with E-state index in [1.54, 1.807) is 60.7 Å². The number of fused-ring (bicyclic) bond motifs is 1. The van der Waals surface area contributed by atoms with Gasteiger partial charge in [0, 0.05) is 6.20 Å². The third-order valence-corrected chi connectivity index (χ3v) is 3.31. The Kier molecular flexibility index (Phi) is 4.05. The Balaban J connectivity index is 2.11. The van der Waals surface area contributed by atoms with Crippen molar-refractivity contribution in [3.8, 4) is 23.6 Å². The smallest absolute Gasteiger partial charge is 0.347 e. The quantitative estimate of drug-likeness (QED) is 0.745. The molecule has 2 aromatic carbocycles. The number of anilines is 1. The molecule has 0 aliphatic rings. The molecule has 0 saturated carbocycles. The summed E-state index contributed by atoms with van der Waals surface area (Å²) in [6.07, 6.45) is 1.29. The monoisotopic (exact) mass is 314 g/mol. The van der Waals surface area contributed by atoms with Gasteiger partial charge in [0.15, 0.2) is 0 Å². The van der Waals surface area contributed by atoms with Crippen LogP contribution < -0.4 is 10.9 Å². The van der Waals surface area contributed by atoms with E-state index < -0.39 is 5.63 Å². The van der Waals surface area contributed by atoms with Crippen LogP contribution in [0.4, 0.5) is 5.69 Å². The topological polar surface area (TPSA) is 103 Å². The molecule has 1 heterocycles. The molecule has 0 unspecified atom stereocenters. The molecule has 0 aliphatic heterocycles. The van der Waals surface area contributed by atoms with Crippen LogP contribution in [0.3, 0.4) is 0 Å². The van der Waals surface area contributed by atoms with Crippen LogP contribution >= 0.6 is 0 Å². The van der Waals surface area contributed by atoms with E-state index in [1.807, 2.05) is 0 Å². The van der Waals surface area contributed by atoms with Gasteiger partial charge in [-0.05, 0) is 24.3 Å². The van der Waals surface area contributed by atoms with Crippen LogP contribution in [0.25, 0.3) is 22.4 Å². The number of benzene rings is 2. The van der Waals surface area contributed by atoms with Crippen LogP contribution in [0.15, 0.2) is 69.5 Å². The minimum Gasteiger partial charge on any atom is -0.403 e. The number of nitriles is 2. The summed E-state index contributed by atoms with van der Waals surface area (Å²) in [6, 6.07) is 17.4. The van der Waals surface area contributed by atoms with Crippen molar-refractivity contribution in [2.45, 2.75) is 0 Å². The molecule has 0 saturated heterocycles. The number of rotatable bonds is 3. The van der Waals surface area contributed by atoms with Gasteiger partial charge in [-0.2, -0.15) is 10.5 Å². The Morgan fingerprint density at radius 3 is 2.58 bits per heavy atom. The van der Waals surface area contributed by atoms with Crippen molar-refractivity contribution < 1.29 is 4.42 Å². The molecule has 3 aromatic rings. The van der Waals surface area contributed by atoms with Crippen LogP contribution in [0.5, 0.6) is 0 Å². The molecule has 1 N–H and O–H groups in total. The zero-order valence-electron chi connectivity index (χ0n) is 12.4. The predicted molar refractivity (Wildman–Crippen MR) is 88.6 cm³/mol. The summed E-state index contributed by atoms with van der Waals surface area (Å²) in [7, 11) is 0. The lowest BCUT2D eigenvalue weighted by atomic mass is 10.1. The van der Waals surface area contributed by atoms with E-state index in [0.29, 0.717) is 22.2 Å². The highest BCUT2D eigenvalue weighted by Gasteiger charge is 2.11. The first kappa shape index (κ1) is 15.0. The lowest BCUT2D eigenvalue weighted by Gasteiger charge is -2.08. The zero-order chi connectivity index (χ0) is 16.9. The van der Waals surface area contributed by atoms with Crippen LogP contribution in [0.1, 0.15) is 0 Å². The first-order chi connectivity index (χ1) is 11.7. The average Bonchev–Trinajstić information content (AvgIpc) is 2.63. The van der Waals surface area contributed by atoms with Gasteiger partial charge < -0.3 is 9.73 Å². The summed E-state index contributed by atoms with van der Waals surface area (Å²) in [6.45, 7) is 0. The molecule has 0 radical (unpaired) electrons. The van der Waals surface area contributed by atoms with Gasteiger partial charge in [0.05, 0.1) is 22.2 Å². The summed E-state index contributed by atoms with van der Waals surface area (Å²) in [5, 5.41) is 20.9. The zero-order valence-corrected chi connectivity index (χ0v) is 12.4. The van der Waals surface area contributed by atoms with Crippen molar-refractivity contribution in [2.75, 3.05) is 5.32 Å². The maximum atomic E-state index is 12.1. The van der Waals surface area contributed by atoms with E-state index >= 15 is 0 Å². The Labute approximate surface area is 136 Å². The van der Waals surface area contributed by atoms with Crippen molar-refractivity contribution in [1.82, 2.24) is 4.98 Å². The minimum absolute atomic E-state index is 0.0715. The summed E-state index contributed by atoms with van der Waals surface area (Å²) in [5.74, 6) is 0.158. The molecule has 0 spiro atoms. The van der Waals surface area contributed by atoms with Crippen LogP contribution in [0, 0.1) is 22.7 Å². The number of nitrogens with zero attached hydrogens (tertiary/aromatic N) is 3. The summed E-state index contributed by atoms with van der Waals surface area (Å²) < 4.78 is 5.32. The number of hydrogen-bond acceptors (Lipinski definition) is 6. The standard InChI is InChI=1S/C18H10N4O2/c19-9-12(10-20)11-21-15-7-3-1-5-13(15)17-22-16-8-4-2-6-14(16)18(23)24-17/h1-8,11,21H. The van der Waals surface area contributed by atoms with E-state index in [-0.39, 0.29) is 11.5 Å². The van der Waals surface area contributed by atoms with Crippen molar-refractivity contribution >= 4 is 16.6 Å². The summed E-state index contributed by atoms with van der Waals surface area (Å²) in [4.78, 5) is 16.5. The lowest BCUT2D eigenvalue weighted by molar-refractivity contribution is 0.518. The van der Waals surface area contributed by atoms with Gasteiger partial charge in [0.25, 0.3) is 0 Å². The van der Waals surface area contributed by atoms with E-state index in [0.717, 1.165) is 0 Å². The predicted octanol–water partition coefficient (Wildman–Crippen LogP) is 3.20. The second-order valence-electron chi connectivity index (χ2n) is 4.80. The molecule has 0 amide bonds. The first-order valence-corrected chi connectivity index (χ1v) is 6.99. The molecule has 0 atom stereocenters. The van der Waals surface area contributed by atoms with Gasteiger partial charge in [-0.15, -0.1) is 0 Å². The Hall–Kier alpha value is -3.90. The molecule has 0 aliphatic carbocycles. The van der Waals surface area contributed by atoms with Crippen LogP contribution in [-0.4, -0.2) is 4.98 Å². The normalized spacial score (nSPS) is 9.75. The number of aromatic nitrogens is 1. The molecule has 6 heteroatoms. The van der Waals surface area contributed by atoms with E-state index in [4.69, 9.17) is 14.9 Å². The number of hydrogen-bond donors (Lipinski definition) is 1. The van der Waals surface area contributed by atoms with E-state index in [9.17, 15) is 4.79 Å². The fourth-order valence-corrected chi connectivity index (χ4v) is 2.17. The second-order valence-corrected chi connectivity index (χ2v) is 4.80. The van der Waals surface area contributed by atoms with Crippen molar-refractivity contribution in [3.05, 3.63) is 70.7 Å². The Morgan fingerprint density at radius 1 is 1.08 bits per heavy atom. The number of nitrogens with one attached hydrogen (secondary N) is 1. The molecular formula is C18H10N4O2. The van der Waals surface area contributed by atoms with Gasteiger partial charge in [0.1, 0.15) is 17.7 Å². The maximum Gasteiger partial charge on any atom is 0.347 e. The van der Waals surface area contributed by atoms with Crippen molar-refractivity contribution in [3.63, 3.8) is 0 Å². The third-order valence-electron chi connectivity index (χ3n) is 3.31. The van der Waals surface area contributed by atoms with Crippen molar-refractivity contribution in [2.24, 2.45) is 0 Å². The van der Waals surface area contributed by atoms with Gasteiger partial charge in [-0.3, -0.25) is 0 Å². The summed E-state index contributed by atoms with van der Waals surface area (Å²) >= 11 is 0. The van der Waals surface area contributed by atoms with Gasteiger partial charge in [0.2, 0.25) is 5.89 Å². The lowest BCUT2D eigenvalue weighted by Crippen LogP contribution is -2.03. The molecule has 24 heavy (non-hydrogen) atoms. The van der Waals surface area contributed by atoms with Gasteiger partial charge >= 0.3 is 5.63 Å².